The first-order valence-electron chi connectivity index (χ1n) is 11.9. The van der Waals surface area contributed by atoms with Crippen LogP contribution in [0.1, 0.15) is 41.1 Å². The van der Waals surface area contributed by atoms with Gasteiger partial charge in [-0.25, -0.2) is 14.4 Å². The molecule has 3 aromatic carbocycles. The van der Waals surface area contributed by atoms with Crippen molar-refractivity contribution in [3.05, 3.63) is 101 Å². The Hall–Kier alpha value is -4.47. The molecule has 4 N–H and O–H groups in total. The molecular formula is C28H24F4N6. The van der Waals surface area contributed by atoms with Gasteiger partial charge in [0.2, 0.25) is 0 Å². The molecule has 0 aliphatic heterocycles. The first-order valence-corrected chi connectivity index (χ1v) is 11.9. The summed E-state index contributed by atoms with van der Waals surface area (Å²) in [4.78, 5) is 9.08. The number of nitrogens with two attached hydrogens (primary N) is 2. The molecule has 5 aromatic rings. The van der Waals surface area contributed by atoms with Crippen LogP contribution >= 0.6 is 0 Å². The van der Waals surface area contributed by atoms with Gasteiger partial charge in [-0.2, -0.15) is 18.3 Å². The molecule has 194 valence electrons. The molecule has 0 spiro atoms. The van der Waals surface area contributed by atoms with Gasteiger partial charge in [-0.05, 0) is 53.8 Å². The zero-order chi connectivity index (χ0) is 27.2. The lowest BCUT2D eigenvalue weighted by Gasteiger charge is -2.19. The summed E-state index contributed by atoms with van der Waals surface area (Å²) in [6.45, 7) is 1.94. The molecule has 1 unspecified atom stereocenters. The normalized spacial score (nSPS) is 12.7. The molecule has 0 radical (unpaired) electrons. The Morgan fingerprint density at radius 3 is 2.45 bits per heavy atom. The molecule has 0 aliphatic carbocycles. The van der Waals surface area contributed by atoms with E-state index in [9.17, 15) is 13.2 Å². The third kappa shape index (κ3) is 4.53. The zero-order valence-corrected chi connectivity index (χ0v) is 20.6. The smallest absolute Gasteiger partial charge is 0.399 e. The van der Waals surface area contributed by atoms with E-state index in [0.29, 0.717) is 28.6 Å². The van der Waals surface area contributed by atoms with Gasteiger partial charge in [0, 0.05) is 29.2 Å². The predicted molar refractivity (Wildman–Crippen MR) is 139 cm³/mol. The van der Waals surface area contributed by atoms with Crippen molar-refractivity contribution >= 4 is 22.3 Å². The molecule has 0 saturated carbocycles. The molecule has 1 atom stereocenters. The van der Waals surface area contributed by atoms with Crippen LogP contribution < -0.4 is 11.5 Å². The van der Waals surface area contributed by atoms with Crippen LogP contribution in [0.25, 0.3) is 22.2 Å². The molecular weight excluding hydrogens is 496 g/mol. The number of fused-ring (bicyclic) bond motifs is 1. The Morgan fingerprint density at radius 2 is 1.71 bits per heavy atom. The van der Waals surface area contributed by atoms with Crippen LogP contribution in [0.3, 0.4) is 0 Å². The third-order valence-electron chi connectivity index (χ3n) is 6.51. The zero-order valence-electron chi connectivity index (χ0n) is 20.6. The van der Waals surface area contributed by atoms with Crippen molar-refractivity contribution in [1.82, 2.24) is 19.7 Å². The summed E-state index contributed by atoms with van der Waals surface area (Å²) in [5.41, 5.74) is 13.2. The van der Waals surface area contributed by atoms with Crippen molar-refractivity contribution in [1.29, 1.82) is 0 Å². The van der Waals surface area contributed by atoms with Crippen LogP contribution in [0.2, 0.25) is 0 Å². The van der Waals surface area contributed by atoms with E-state index in [1.54, 1.807) is 43.4 Å². The first kappa shape index (κ1) is 25.2. The summed E-state index contributed by atoms with van der Waals surface area (Å²) < 4.78 is 58.0. The highest BCUT2D eigenvalue weighted by Crippen LogP contribution is 2.39. The molecule has 10 heteroatoms. The number of nitrogens with zero attached hydrogens (tertiary/aromatic N) is 4. The molecule has 5 rings (SSSR count). The average Bonchev–Trinajstić information content (AvgIpc) is 3.25. The second-order valence-corrected chi connectivity index (χ2v) is 9.02. The quantitative estimate of drug-likeness (QED) is 0.216. The summed E-state index contributed by atoms with van der Waals surface area (Å²) in [5, 5.41) is 5.66. The number of alkyl halides is 3. The summed E-state index contributed by atoms with van der Waals surface area (Å²) in [6, 6.07) is 16.7. The predicted octanol–water partition coefficient (Wildman–Crippen LogP) is 6.10. The lowest BCUT2D eigenvalue weighted by atomic mass is 9.91. The number of benzene rings is 3. The highest BCUT2D eigenvalue weighted by molar-refractivity contribution is 5.93. The molecule has 0 amide bonds. The third-order valence-corrected chi connectivity index (χ3v) is 6.51. The second kappa shape index (κ2) is 9.44. The van der Waals surface area contributed by atoms with Crippen LogP contribution in [-0.2, 0) is 19.6 Å². The number of nitrogen functional groups attached to an aromatic ring is 2. The van der Waals surface area contributed by atoms with E-state index in [4.69, 9.17) is 11.5 Å². The number of aromatic nitrogens is 4. The van der Waals surface area contributed by atoms with Gasteiger partial charge in [-0.1, -0.05) is 37.3 Å². The van der Waals surface area contributed by atoms with E-state index in [-0.39, 0.29) is 28.6 Å². The van der Waals surface area contributed by atoms with Crippen molar-refractivity contribution in [2.24, 2.45) is 7.05 Å². The van der Waals surface area contributed by atoms with Crippen molar-refractivity contribution < 1.29 is 17.6 Å². The van der Waals surface area contributed by atoms with E-state index in [1.807, 2.05) is 6.92 Å². The average molecular weight is 521 g/mol. The van der Waals surface area contributed by atoms with E-state index in [0.717, 1.165) is 11.6 Å². The minimum absolute atomic E-state index is 0.134. The van der Waals surface area contributed by atoms with Crippen LogP contribution in [0.4, 0.5) is 29.1 Å². The summed E-state index contributed by atoms with van der Waals surface area (Å²) in [5.74, 6) is -1.15. The maximum Gasteiger partial charge on any atom is 0.417 e. The number of pyridine rings is 1. The Morgan fingerprint density at radius 1 is 0.947 bits per heavy atom. The van der Waals surface area contributed by atoms with Crippen molar-refractivity contribution in [2.75, 3.05) is 11.5 Å². The summed E-state index contributed by atoms with van der Waals surface area (Å²) >= 11 is 0. The number of hydrogen-bond donors (Lipinski definition) is 2. The van der Waals surface area contributed by atoms with E-state index in [2.05, 4.69) is 15.1 Å². The van der Waals surface area contributed by atoms with Gasteiger partial charge in [0.05, 0.1) is 17.2 Å². The van der Waals surface area contributed by atoms with Gasteiger partial charge < -0.3 is 11.5 Å². The molecule has 2 aromatic heterocycles. The van der Waals surface area contributed by atoms with E-state index < -0.39 is 23.5 Å². The number of hydrogen-bond acceptors (Lipinski definition) is 5. The Labute approximate surface area is 215 Å². The van der Waals surface area contributed by atoms with E-state index >= 15 is 4.39 Å². The maximum absolute atomic E-state index is 15.4. The van der Waals surface area contributed by atoms with E-state index in [1.165, 1.54) is 28.9 Å². The fourth-order valence-corrected chi connectivity index (χ4v) is 4.63. The van der Waals surface area contributed by atoms with Crippen LogP contribution in [-0.4, -0.2) is 19.7 Å². The van der Waals surface area contributed by atoms with Crippen molar-refractivity contribution in [3.63, 3.8) is 0 Å². The van der Waals surface area contributed by atoms with Gasteiger partial charge in [0.1, 0.15) is 17.5 Å². The fraction of sp³-hybridized carbons (Fsp3) is 0.179. The number of rotatable bonds is 5. The summed E-state index contributed by atoms with van der Waals surface area (Å²) in [7, 11) is 1.55. The summed E-state index contributed by atoms with van der Waals surface area (Å²) in [6.07, 6.45) is -3.96. The largest absolute Gasteiger partial charge is 0.417 e. The second-order valence-electron chi connectivity index (χ2n) is 9.02. The van der Waals surface area contributed by atoms with Gasteiger partial charge in [-0.15, -0.1) is 0 Å². The Balaban J connectivity index is 1.77. The monoisotopic (exact) mass is 520 g/mol. The lowest BCUT2D eigenvalue weighted by molar-refractivity contribution is -0.137. The minimum Gasteiger partial charge on any atom is -0.399 e. The molecule has 38 heavy (non-hydrogen) atoms. The van der Waals surface area contributed by atoms with Gasteiger partial charge in [-0.3, -0.25) is 4.68 Å². The molecule has 0 saturated heterocycles. The molecule has 0 fully saturated rings. The number of halogens is 4. The van der Waals surface area contributed by atoms with Crippen LogP contribution in [0, 0.1) is 5.82 Å². The standard InChI is InChI=1S/C28H24F4N6/c1-3-15-8-11-22(29)20(12-15)24(23-14-16-13-17(33)9-10-18(16)25(34)35-23)27-36-26(37-38(27)2)19-6-4-5-7-21(19)28(30,31)32/h4-14,24H,3,33H2,1-2H3,(H2,34,35). The van der Waals surface area contributed by atoms with Gasteiger partial charge in [0.15, 0.2) is 5.82 Å². The lowest BCUT2D eigenvalue weighted by Crippen LogP contribution is -2.14. The highest BCUT2D eigenvalue weighted by atomic mass is 19.4. The minimum atomic E-state index is -4.61. The van der Waals surface area contributed by atoms with Crippen LogP contribution in [0.15, 0.2) is 66.7 Å². The first-order chi connectivity index (χ1) is 18.1. The SMILES string of the molecule is CCc1ccc(F)c(C(c2cc3cc(N)ccc3c(N)n2)c2nc(-c3ccccc3C(F)(F)F)nn2C)c1. The molecule has 0 aliphatic rings. The number of anilines is 2. The van der Waals surface area contributed by atoms with Crippen molar-refractivity contribution in [3.8, 4) is 11.4 Å². The Bertz CT molecular complexity index is 1660. The molecule has 6 nitrogen and oxygen atoms in total. The fourth-order valence-electron chi connectivity index (χ4n) is 4.63. The number of aryl methyl sites for hydroxylation is 2. The van der Waals surface area contributed by atoms with Gasteiger partial charge >= 0.3 is 6.18 Å². The Kier molecular flexibility index (Phi) is 6.26. The maximum atomic E-state index is 15.4. The van der Waals surface area contributed by atoms with Crippen LogP contribution in [0.5, 0.6) is 0 Å². The molecule has 2 heterocycles. The van der Waals surface area contributed by atoms with Crippen molar-refractivity contribution in [2.45, 2.75) is 25.4 Å². The topological polar surface area (TPSA) is 95.6 Å². The van der Waals surface area contributed by atoms with Gasteiger partial charge in [0.25, 0.3) is 0 Å². The molecule has 0 bridgehead atoms. The highest BCUT2D eigenvalue weighted by Gasteiger charge is 2.35.